The van der Waals surface area contributed by atoms with Crippen LogP contribution in [0.25, 0.3) is 0 Å². The molecule has 8 rings (SSSR count). The Labute approximate surface area is 311 Å². The van der Waals surface area contributed by atoms with Crippen LogP contribution in [0.15, 0.2) is 41.6 Å². The number of aromatic nitrogens is 1. The van der Waals surface area contributed by atoms with E-state index in [0.29, 0.717) is 40.3 Å². The number of nitrogens with one attached hydrogen (secondary N) is 1. The van der Waals surface area contributed by atoms with Crippen LogP contribution >= 0.6 is 0 Å². The largest absolute Gasteiger partial charge is 0.476 e. The average Bonchev–Trinajstić information content (AvgIpc) is 3.56. The quantitative estimate of drug-likeness (QED) is 0.292. The molecule has 2 heterocycles. The van der Waals surface area contributed by atoms with Crippen LogP contribution < -0.4 is 10.1 Å². The van der Waals surface area contributed by atoms with Crippen LogP contribution in [0, 0.1) is 63.1 Å². The van der Waals surface area contributed by atoms with Crippen molar-refractivity contribution in [2.45, 2.75) is 117 Å². The first-order chi connectivity index (χ1) is 24.6. The van der Waals surface area contributed by atoms with E-state index in [1.54, 1.807) is 29.5 Å². The molecule has 0 spiro atoms. The maximum absolute atomic E-state index is 11.9. The molecule has 0 amide bonds. The van der Waals surface area contributed by atoms with Crippen molar-refractivity contribution in [2.75, 3.05) is 44.3 Å². The molecule has 1 N–H and O–H groups in total. The summed E-state index contributed by atoms with van der Waals surface area (Å²) in [5, 5.41) is 13.7. The number of fused-ring (bicyclic) bond motifs is 7. The Hall–Kier alpha value is -2.01. The predicted molar refractivity (Wildman–Crippen MR) is 207 cm³/mol. The molecule has 0 radical (unpaired) electrons. The van der Waals surface area contributed by atoms with Gasteiger partial charge in [-0.3, -0.25) is 4.21 Å². The average molecular weight is 713 g/mol. The van der Waals surface area contributed by atoms with Crippen molar-refractivity contribution >= 4 is 10.8 Å². The molecule has 1 aromatic heterocycles. The third kappa shape index (κ3) is 6.29. The van der Waals surface area contributed by atoms with Crippen LogP contribution in [-0.2, 0) is 10.8 Å². The van der Waals surface area contributed by atoms with Gasteiger partial charge in [0.05, 0.1) is 6.61 Å². The number of allylic oxidation sites excluding steroid dienone is 4. The molecule has 4 saturated carbocycles. The van der Waals surface area contributed by atoms with E-state index in [-0.39, 0.29) is 5.41 Å². The molecule has 9 unspecified atom stereocenters. The Bertz CT molecular complexity index is 1590. The van der Waals surface area contributed by atoms with Gasteiger partial charge in [0.2, 0.25) is 5.88 Å². The lowest BCUT2D eigenvalue weighted by molar-refractivity contribution is -0.175. The minimum Gasteiger partial charge on any atom is -0.476 e. The summed E-state index contributed by atoms with van der Waals surface area (Å²) in [5.74, 6) is 6.85. The molecule has 1 aromatic rings. The third-order valence-electron chi connectivity index (χ3n) is 16.5. The Balaban J connectivity index is 0.933. The summed E-state index contributed by atoms with van der Waals surface area (Å²) in [4.78, 5) is 6.85. The highest BCUT2D eigenvalue weighted by Gasteiger charge is 2.65. The lowest BCUT2D eigenvalue weighted by Gasteiger charge is -2.68. The van der Waals surface area contributed by atoms with E-state index in [9.17, 15) is 9.47 Å². The number of hydrogen-bond donors (Lipinski definition) is 1. The van der Waals surface area contributed by atoms with Gasteiger partial charge in [-0.25, -0.2) is 4.98 Å². The Morgan fingerprint density at radius 3 is 2.61 bits per heavy atom. The zero-order chi connectivity index (χ0) is 35.4. The van der Waals surface area contributed by atoms with Gasteiger partial charge in [0.25, 0.3) is 0 Å². The van der Waals surface area contributed by atoms with E-state index in [2.05, 4.69) is 61.1 Å². The van der Waals surface area contributed by atoms with Gasteiger partial charge in [0, 0.05) is 60.2 Å². The van der Waals surface area contributed by atoms with Gasteiger partial charge in [-0.1, -0.05) is 46.3 Å². The Kier molecular flexibility index (Phi) is 9.88. The molecule has 51 heavy (non-hydrogen) atoms. The van der Waals surface area contributed by atoms with Crippen LogP contribution in [0.5, 0.6) is 5.88 Å². The fraction of sp³-hybridized carbons (Fsp3) is 0.773. The predicted octanol–water partition coefficient (Wildman–Crippen LogP) is 8.47. The smallest absolute Gasteiger partial charge is 0.231 e. The van der Waals surface area contributed by atoms with Gasteiger partial charge in [-0.05, 0) is 152 Å². The maximum Gasteiger partial charge on any atom is 0.231 e. The highest BCUT2D eigenvalue weighted by Crippen LogP contribution is 2.72. The number of nitrogens with zero attached hydrogens (tertiary/aromatic N) is 3. The second kappa shape index (κ2) is 14.0. The van der Waals surface area contributed by atoms with Gasteiger partial charge in [0.15, 0.2) is 0 Å². The van der Waals surface area contributed by atoms with E-state index < -0.39 is 10.8 Å². The van der Waals surface area contributed by atoms with Gasteiger partial charge in [-0.15, -0.1) is 0 Å². The van der Waals surface area contributed by atoms with E-state index in [1.165, 1.54) is 64.2 Å². The highest BCUT2D eigenvalue weighted by atomic mass is 32.2. The molecule has 1 aliphatic heterocycles. The molecule has 6 nitrogen and oxygen atoms in total. The summed E-state index contributed by atoms with van der Waals surface area (Å²) in [6, 6.07) is 5.79. The van der Waals surface area contributed by atoms with Crippen LogP contribution in [-0.4, -0.2) is 63.9 Å². The van der Waals surface area contributed by atoms with Crippen molar-refractivity contribution in [1.82, 2.24) is 15.2 Å². The lowest BCUT2D eigenvalue weighted by atomic mass is 9.37. The molecule has 0 aromatic carbocycles. The highest BCUT2D eigenvalue weighted by molar-refractivity contribution is 7.85. The van der Waals surface area contributed by atoms with Crippen molar-refractivity contribution in [3.8, 4) is 11.9 Å². The van der Waals surface area contributed by atoms with Crippen molar-refractivity contribution in [2.24, 2.45) is 51.8 Å². The van der Waals surface area contributed by atoms with Crippen molar-refractivity contribution < 1.29 is 8.95 Å². The van der Waals surface area contributed by atoms with Gasteiger partial charge >= 0.3 is 0 Å². The summed E-state index contributed by atoms with van der Waals surface area (Å²) in [6.07, 6.45) is 24.2. The molecule has 1 saturated heterocycles. The van der Waals surface area contributed by atoms with E-state index >= 15 is 0 Å². The van der Waals surface area contributed by atoms with Crippen molar-refractivity contribution in [3.63, 3.8) is 0 Å². The topological polar surface area (TPSA) is 78.2 Å². The summed E-state index contributed by atoms with van der Waals surface area (Å²) in [5.41, 5.74) is 5.16. The summed E-state index contributed by atoms with van der Waals surface area (Å²) in [7, 11) is -0.590. The number of hydrogen-bond acceptors (Lipinski definition) is 6. The monoisotopic (exact) mass is 712 g/mol. The minimum atomic E-state index is -0.590. The maximum atomic E-state index is 11.9. The Morgan fingerprint density at radius 2 is 1.82 bits per heavy atom. The first-order valence-corrected chi connectivity index (χ1v) is 22.3. The van der Waals surface area contributed by atoms with Crippen LogP contribution in [0.2, 0.25) is 0 Å². The van der Waals surface area contributed by atoms with Crippen LogP contribution in [0.4, 0.5) is 0 Å². The fourth-order valence-corrected chi connectivity index (χ4v) is 15.2. The second-order valence-corrected chi connectivity index (χ2v) is 20.7. The summed E-state index contributed by atoms with van der Waals surface area (Å²) < 4.78 is 17.9. The molecule has 7 heteroatoms. The lowest BCUT2D eigenvalue weighted by Crippen LogP contribution is -2.64. The normalized spacial score (nSPS) is 40.8. The Morgan fingerprint density at radius 1 is 0.980 bits per heavy atom. The van der Waals surface area contributed by atoms with Gasteiger partial charge in [0.1, 0.15) is 11.6 Å². The summed E-state index contributed by atoms with van der Waals surface area (Å²) in [6.45, 7) is 15.6. The number of ether oxygens (including phenoxy) is 1. The van der Waals surface area contributed by atoms with E-state index in [1.807, 2.05) is 0 Å². The van der Waals surface area contributed by atoms with Crippen molar-refractivity contribution in [1.29, 1.82) is 5.26 Å². The second-order valence-electron chi connectivity index (χ2n) is 19.0. The van der Waals surface area contributed by atoms with E-state index in [4.69, 9.17) is 4.74 Å². The number of rotatable bonds is 8. The van der Waals surface area contributed by atoms with Gasteiger partial charge in [-0.2, -0.15) is 5.26 Å². The molecular formula is C44H64N4O2S. The molecule has 6 aliphatic carbocycles. The zero-order valence-corrected chi connectivity index (χ0v) is 32.9. The third-order valence-corrected chi connectivity index (χ3v) is 17.8. The zero-order valence-electron chi connectivity index (χ0n) is 32.1. The molecule has 5 fully saturated rings. The number of nitriles is 1. The first kappa shape index (κ1) is 36.0. The standard InChI is InChI=1S/C44H64N4O2S/c1-41(2)35(32-11-9-31(10-12-32)30-50-40-33(29-45)7-6-22-46-40)15-19-43(4)38(41)17-20-42(3)36-16-21-44(47-23-24-48-25-27-51(49)28-26-48)18-5-8-37(44)34(36)13-14-39(42)43/h6-7,11,15,22,31,34,36-39,47H,5,8-10,12-14,16-21,23-28,30H2,1-4H3. The van der Waals surface area contributed by atoms with Crippen LogP contribution in [0.1, 0.15) is 117 Å². The van der Waals surface area contributed by atoms with E-state index in [0.717, 1.165) is 86.5 Å². The molecule has 0 bridgehead atoms. The molecular weight excluding hydrogens is 649 g/mol. The SMILES string of the molecule is CC1(C)C(C2=CCC(COc3ncccc3C#N)CC2)=CCC2(C)C1CCC1(C)C3CCC4(NCCN5CCS(=O)CC5)CCCC4C3CCC12. The van der Waals surface area contributed by atoms with Crippen molar-refractivity contribution in [3.05, 3.63) is 47.2 Å². The first-order valence-electron chi connectivity index (χ1n) is 20.8. The van der Waals surface area contributed by atoms with Crippen LogP contribution in [0.3, 0.4) is 0 Å². The molecule has 278 valence electrons. The fourth-order valence-electron chi connectivity index (χ4n) is 14.1. The molecule has 9 atom stereocenters. The van der Waals surface area contributed by atoms with Gasteiger partial charge < -0.3 is 15.0 Å². The minimum absolute atomic E-state index is 0.191. The summed E-state index contributed by atoms with van der Waals surface area (Å²) >= 11 is 0. The molecule has 7 aliphatic rings. The number of pyridine rings is 1.